The number of nitrogens with zero attached hydrogens (tertiary/aromatic N) is 3. The summed E-state index contributed by atoms with van der Waals surface area (Å²) in [5.74, 6) is 0.358. The Morgan fingerprint density at radius 1 is 1.13 bits per heavy atom. The van der Waals surface area contributed by atoms with Gasteiger partial charge in [0.25, 0.3) is 0 Å². The van der Waals surface area contributed by atoms with Crippen molar-refractivity contribution in [2.75, 3.05) is 6.54 Å². The monoisotopic (exact) mass is 315 g/mol. The molecule has 3 N–H and O–H groups in total. The maximum atomic E-state index is 9.91. The number of fused-ring (bicyclic) bond motifs is 1. The molecule has 3 rings (SSSR count). The minimum absolute atomic E-state index is 0.0133. The second kappa shape index (κ2) is 6.42. The fraction of sp³-hybridized carbons (Fsp3) is 0.412. The maximum Gasteiger partial charge on any atom is 0.161 e. The predicted molar refractivity (Wildman–Crippen MR) is 85.3 cm³/mol. The Morgan fingerprint density at radius 2 is 1.91 bits per heavy atom. The van der Waals surface area contributed by atoms with Crippen molar-refractivity contribution in [1.29, 1.82) is 0 Å². The van der Waals surface area contributed by atoms with Crippen molar-refractivity contribution in [1.82, 2.24) is 14.9 Å². The topological polar surface area (TPSA) is 89.7 Å². The first-order chi connectivity index (χ1) is 11.1. The van der Waals surface area contributed by atoms with E-state index in [2.05, 4.69) is 21.8 Å². The van der Waals surface area contributed by atoms with E-state index in [1.165, 1.54) is 12.1 Å². The molecule has 0 spiro atoms. The fourth-order valence-electron chi connectivity index (χ4n) is 2.87. The Balaban J connectivity index is 1.74. The third kappa shape index (κ3) is 3.37. The summed E-state index contributed by atoms with van der Waals surface area (Å²) in [6, 6.07) is 2.57. The third-order valence-corrected chi connectivity index (χ3v) is 4.11. The first kappa shape index (κ1) is 15.6. The molecule has 6 heteroatoms. The number of aryl methyl sites for hydroxylation is 1. The first-order valence-electron chi connectivity index (χ1n) is 7.86. The van der Waals surface area contributed by atoms with Crippen LogP contribution in [0.5, 0.6) is 17.2 Å². The molecule has 1 aromatic carbocycles. The molecule has 6 nitrogen and oxygen atoms in total. The summed E-state index contributed by atoms with van der Waals surface area (Å²) < 4.78 is 0. The molecular weight excluding hydrogens is 294 g/mol. The van der Waals surface area contributed by atoms with E-state index in [0.29, 0.717) is 18.7 Å². The maximum absolute atomic E-state index is 9.91. The highest BCUT2D eigenvalue weighted by Crippen LogP contribution is 2.33. The normalized spacial score (nSPS) is 14.7. The van der Waals surface area contributed by atoms with Gasteiger partial charge in [-0.15, -0.1) is 0 Å². The average molecular weight is 315 g/mol. The number of phenols is 3. The van der Waals surface area contributed by atoms with Crippen LogP contribution in [0.3, 0.4) is 0 Å². The largest absolute Gasteiger partial charge is 0.507 e. The number of rotatable bonds is 4. The molecule has 0 unspecified atom stereocenters. The van der Waals surface area contributed by atoms with Crippen molar-refractivity contribution < 1.29 is 15.3 Å². The molecule has 1 aliphatic heterocycles. The number of hydrogen-bond acceptors (Lipinski definition) is 6. The van der Waals surface area contributed by atoms with Gasteiger partial charge in [-0.2, -0.15) is 0 Å². The zero-order valence-corrected chi connectivity index (χ0v) is 13.2. The van der Waals surface area contributed by atoms with Crippen molar-refractivity contribution in [2.45, 2.75) is 39.3 Å². The molecule has 2 aromatic rings. The van der Waals surface area contributed by atoms with Crippen LogP contribution in [0.15, 0.2) is 18.3 Å². The van der Waals surface area contributed by atoms with Crippen molar-refractivity contribution in [3.63, 3.8) is 0 Å². The van der Waals surface area contributed by atoms with E-state index in [0.717, 1.165) is 42.9 Å². The van der Waals surface area contributed by atoms with Gasteiger partial charge < -0.3 is 15.3 Å². The van der Waals surface area contributed by atoms with Crippen LogP contribution in [0.2, 0.25) is 0 Å². The fourth-order valence-corrected chi connectivity index (χ4v) is 2.87. The molecule has 0 bridgehead atoms. The van der Waals surface area contributed by atoms with E-state index in [1.807, 2.05) is 6.20 Å². The lowest BCUT2D eigenvalue weighted by Crippen LogP contribution is -2.31. The van der Waals surface area contributed by atoms with E-state index in [4.69, 9.17) is 0 Å². The van der Waals surface area contributed by atoms with Gasteiger partial charge in [-0.05, 0) is 12.5 Å². The molecule has 1 aliphatic rings. The van der Waals surface area contributed by atoms with Crippen molar-refractivity contribution in [2.24, 2.45) is 0 Å². The van der Waals surface area contributed by atoms with E-state index in [1.54, 1.807) is 0 Å². The smallest absolute Gasteiger partial charge is 0.161 e. The van der Waals surface area contributed by atoms with E-state index >= 15 is 0 Å². The molecule has 0 aliphatic carbocycles. The number of phenolic OH excluding ortho intramolecular Hbond substituents is 3. The van der Waals surface area contributed by atoms with Crippen LogP contribution < -0.4 is 0 Å². The Hall–Kier alpha value is -2.34. The van der Waals surface area contributed by atoms with Gasteiger partial charge in [0.1, 0.15) is 11.6 Å². The Bertz CT molecular complexity index is 718. The van der Waals surface area contributed by atoms with Crippen LogP contribution in [0, 0.1) is 0 Å². The number of aromatic nitrogens is 2. The lowest BCUT2D eigenvalue weighted by atomic mass is 10.1. The molecule has 0 atom stereocenters. The SMILES string of the molecule is CCCc1ncc2c(n1)CCN(Cc1cc(O)c(O)cc1O)C2. The number of benzene rings is 1. The highest BCUT2D eigenvalue weighted by molar-refractivity contribution is 5.48. The van der Waals surface area contributed by atoms with Gasteiger partial charge in [-0.1, -0.05) is 6.92 Å². The molecular formula is C17H21N3O3. The van der Waals surface area contributed by atoms with E-state index in [9.17, 15) is 15.3 Å². The summed E-state index contributed by atoms with van der Waals surface area (Å²) in [7, 11) is 0. The lowest BCUT2D eigenvalue weighted by molar-refractivity contribution is 0.239. The zero-order chi connectivity index (χ0) is 16.4. The minimum atomic E-state index is -0.313. The zero-order valence-electron chi connectivity index (χ0n) is 13.2. The van der Waals surface area contributed by atoms with Crippen molar-refractivity contribution in [3.05, 3.63) is 41.0 Å². The lowest BCUT2D eigenvalue weighted by Gasteiger charge is -2.28. The standard InChI is InChI=1S/C17H21N3O3/c1-2-3-17-18-8-12-10-20(5-4-13(12)19-17)9-11-6-15(22)16(23)7-14(11)21/h6-8,21-23H,2-5,9-10H2,1H3. The molecule has 0 fully saturated rings. The molecule has 2 heterocycles. The highest BCUT2D eigenvalue weighted by atomic mass is 16.3. The molecule has 0 radical (unpaired) electrons. The first-order valence-corrected chi connectivity index (χ1v) is 7.86. The molecule has 23 heavy (non-hydrogen) atoms. The third-order valence-electron chi connectivity index (χ3n) is 4.11. The molecule has 0 saturated heterocycles. The summed E-state index contributed by atoms with van der Waals surface area (Å²) in [4.78, 5) is 11.2. The quantitative estimate of drug-likeness (QED) is 0.591. The molecule has 122 valence electrons. The van der Waals surface area contributed by atoms with Gasteiger partial charge in [-0.3, -0.25) is 4.90 Å². The molecule has 1 aromatic heterocycles. The van der Waals surface area contributed by atoms with Crippen LogP contribution in [0.1, 0.15) is 36.0 Å². The van der Waals surface area contributed by atoms with Crippen molar-refractivity contribution in [3.8, 4) is 17.2 Å². The minimum Gasteiger partial charge on any atom is -0.507 e. The second-order valence-electron chi connectivity index (χ2n) is 5.94. The highest BCUT2D eigenvalue weighted by Gasteiger charge is 2.20. The second-order valence-corrected chi connectivity index (χ2v) is 5.94. The number of aromatic hydroxyl groups is 3. The summed E-state index contributed by atoms with van der Waals surface area (Å²) in [6.45, 7) is 4.15. The van der Waals surface area contributed by atoms with E-state index < -0.39 is 0 Å². The van der Waals surface area contributed by atoms with Crippen LogP contribution in [-0.4, -0.2) is 36.7 Å². The van der Waals surface area contributed by atoms with Gasteiger partial charge in [-0.25, -0.2) is 9.97 Å². The van der Waals surface area contributed by atoms with Crippen molar-refractivity contribution >= 4 is 0 Å². The summed E-state index contributed by atoms with van der Waals surface area (Å²) in [5, 5.41) is 28.9. The number of hydrogen-bond donors (Lipinski definition) is 3. The Morgan fingerprint density at radius 3 is 2.70 bits per heavy atom. The average Bonchev–Trinajstić information content (AvgIpc) is 2.53. The van der Waals surface area contributed by atoms with Gasteiger partial charge in [0.2, 0.25) is 0 Å². The Labute approximate surface area is 135 Å². The molecule has 0 saturated carbocycles. The van der Waals surface area contributed by atoms with Gasteiger partial charge >= 0.3 is 0 Å². The van der Waals surface area contributed by atoms with Gasteiger partial charge in [0.15, 0.2) is 11.5 Å². The molecule has 0 amide bonds. The van der Waals surface area contributed by atoms with E-state index in [-0.39, 0.29) is 17.2 Å². The van der Waals surface area contributed by atoms with Crippen LogP contribution in [0.4, 0.5) is 0 Å². The van der Waals surface area contributed by atoms with Gasteiger partial charge in [0.05, 0.1) is 0 Å². The van der Waals surface area contributed by atoms with Crippen LogP contribution in [0.25, 0.3) is 0 Å². The Kier molecular flexibility index (Phi) is 4.34. The summed E-state index contributed by atoms with van der Waals surface area (Å²) in [5.41, 5.74) is 2.81. The predicted octanol–water partition coefficient (Wildman–Crippen LogP) is 2.10. The van der Waals surface area contributed by atoms with Crippen LogP contribution >= 0.6 is 0 Å². The van der Waals surface area contributed by atoms with Crippen LogP contribution in [-0.2, 0) is 25.9 Å². The summed E-state index contributed by atoms with van der Waals surface area (Å²) in [6.07, 6.45) is 4.68. The van der Waals surface area contributed by atoms with Gasteiger partial charge in [0, 0.05) is 61.6 Å². The summed E-state index contributed by atoms with van der Waals surface area (Å²) >= 11 is 0.